The lowest BCUT2D eigenvalue weighted by Gasteiger charge is -2.11. The number of nitrogens with two attached hydrogens (primary N) is 1. The second kappa shape index (κ2) is 7.26. The normalized spacial score (nSPS) is 10.1. The molecule has 0 bridgehead atoms. The Bertz CT molecular complexity index is 934. The molecule has 124 valence electrons. The van der Waals surface area contributed by atoms with Crippen molar-refractivity contribution in [3.8, 4) is 17.8 Å². The SMILES string of the molecule is N#Cc1ccc(Nc2nc(Oc3c(Cl)cccc3Cl)ncc2N)cc1. The van der Waals surface area contributed by atoms with Crippen molar-refractivity contribution in [3.63, 3.8) is 0 Å². The smallest absolute Gasteiger partial charge is 0.324 e. The van der Waals surface area contributed by atoms with E-state index in [9.17, 15) is 0 Å². The third-order valence-electron chi connectivity index (χ3n) is 3.18. The molecule has 3 N–H and O–H groups in total. The minimum Gasteiger partial charge on any atom is -0.421 e. The molecular formula is C17H11Cl2N5O. The van der Waals surface area contributed by atoms with Gasteiger partial charge in [0.1, 0.15) is 0 Å². The Balaban J connectivity index is 1.86. The van der Waals surface area contributed by atoms with Crippen molar-refractivity contribution in [2.45, 2.75) is 0 Å². The molecule has 0 spiro atoms. The Morgan fingerprint density at radius 2 is 1.76 bits per heavy atom. The number of anilines is 3. The highest BCUT2D eigenvalue weighted by Crippen LogP contribution is 2.35. The first-order chi connectivity index (χ1) is 12.1. The fourth-order valence-electron chi connectivity index (χ4n) is 1.96. The predicted octanol–water partition coefficient (Wildman–Crippen LogP) is 4.77. The number of nitrogens with one attached hydrogen (secondary N) is 1. The zero-order chi connectivity index (χ0) is 17.8. The van der Waals surface area contributed by atoms with E-state index in [1.165, 1.54) is 6.20 Å². The summed E-state index contributed by atoms with van der Waals surface area (Å²) in [6, 6.07) is 13.9. The molecule has 0 atom stereocenters. The second-order valence-electron chi connectivity index (χ2n) is 4.92. The van der Waals surface area contributed by atoms with Crippen LogP contribution in [0.15, 0.2) is 48.7 Å². The van der Waals surface area contributed by atoms with Crippen LogP contribution in [0.5, 0.6) is 11.8 Å². The van der Waals surface area contributed by atoms with Gasteiger partial charge in [0.25, 0.3) is 0 Å². The topological polar surface area (TPSA) is 96.8 Å². The molecule has 6 nitrogen and oxygen atoms in total. The number of para-hydroxylation sites is 1. The molecular weight excluding hydrogens is 361 g/mol. The molecule has 0 saturated carbocycles. The molecule has 0 unspecified atom stereocenters. The van der Waals surface area contributed by atoms with E-state index >= 15 is 0 Å². The van der Waals surface area contributed by atoms with Gasteiger partial charge in [-0.25, -0.2) is 4.98 Å². The van der Waals surface area contributed by atoms with Gasteiger partial charge in [-0.1, -0.05) is 29.3 Å². The summed E-state index contributed by atoms with van der Waals surface area (Å²) in [6.45, 7) is 0. The minimum absolute atomic E-state index is 0.0420. The number of nitrogen functional groups attached to an aromatic ring is 1. The lowest BCUT2D eigenvalue weighted by Crippen LogP contribution is -2.02. The zero-order valence-electron chi connectivity index (χ0n) is 12.7. The van der Waals surface area contributed by atoms with Crippen LogP contribution in [0, 0.1) is 11.3 Å². The average molecular weight is 372 g/mol. The summed E-state index contributed by atoms with van der Waals surface area (Å²) in [6.07, 6.45) is 1.42. The maximum atomic E-state index is 8.83. The Morgan fingerprint density at radius 1 is 1.08 bits per heavy atom. The number of nitriles is 1. The monoisotopic (exact) mass is 371 g/mol. The molecule has 0 saturated heterocycles. The van der Waals surface area contributed by atoms with E-state index in [0.29, 0.717) is 32.8 Å². The molecule has 0 radical (unpaired) electrons. The first-order valence-electron chi connectivity index (χ1n) is 7.08. The molecule has 0 aliphatic carbocycles. The molecule has 25 heavy (non-hydrogen) atoms. The van der Waals surface area contributed by atoms with Gasteiger partial charge in [0.2, 0.25) is 0 Å². The number of ether oxygens (including phenoxy) is 1. The van der Waals surface area contributed by atoms with Crippen LogP contribution < -0.4 is 15.8 Å². The van der Waals surface area contributed by atoms with Crippen molar-refractivity contribution in [1.29, 1.82) is 5.26 Å². The standard InChI is InChI=1S/C17H11Cl2N5O/c18-12-2-1-3-13(19)15(12)25-17-22-9-14(21)16(24-17)23-11-6-4-10(8-20)5-7-11/h1-7,9H,21H2,(H,22,23,24). The maximum Gasteiger partial charge on any atom is 0.324 e. The molecule has 2 aromatic carbocycles. The first-order valence-corrected chi connectivity index (χ1v) is 7.84. The van der Waals surface area contributed by atoms with Crippen molar-refractivity contribution in [2.75, 3.05) is 11.1 Å². The summed E-state index contributed by atoms with van der Waals surface area (Å²) in [5.41, 5.74) is 7.50. The average Bonchev–Trinajstić information content (AvgIpc) is 2.61. The van der Waals surface area contributed by atoms with Gasteiger partial charge in [-0.2, -0.15) is 10.2 Å². The van der Waals surface area contributed by atoms with Gasteiger partial charge in [-0.3, -0.25) is 0 Å². The van der Waals surface area contributed by atoms with E-state index in [0.717, 1.165) is 0 Å². The molecule has 0 aliphatic heterocycles. The van der Waals surface area contributed by atoms with Crippen molar-refractivity contribution in [1.82, 2.24) is 9.97 Å². The molecule has 1 aromatic heterocycles. The lowest BCUT2D eigenvalue weighted by molar-refractivity contribution is 0.443. The number of benzene rings is 2. The molecule has 0 aliphatic rings. The van der Waals surface area contributed by atoms with Gasteiger partial charge >= 0.3 is 6.01 Å². The van der Waals surface area contributed by atoms with Gasteiger partial charge in [0.05, 0.1) is 33.6 Å². The fraction of sp³-hybridized carbons (Fsp3) is 0. The van der Waals surface area contributed by atoms with Crippen molar-refractivity contribution < 1.29 is 4.74 Å². The molecule has 8 heteroatoms. The van der Waals surface area contributed by atoms with Gasteiger partial charge in [-0.05, 0) is 36.4 Å². The predicted molar refractivity (Wildman–Crippen MR) is 97.4 cm³/mol. The Kier molecular flexibility index (Phi) is 4.89. The van der Waals surface area contributed by atoms with Crippen molar-refractivity contribution in [2.24, 2.45) is 0 Å². The van der Waals surface area contributed by atoms with Crippen LogP contribution in [0.25, 0.3) is 0 Å². The summed E-state index contributed by atoms with van der Waals surface area (Å²) < 4.78 is 5.59. The Hall–Kier alpha value is -3.01. The summed E-state index contributed by atoms with van der Waals surface area (Å²) in [7, 11) is 0. The van der Waals surface area contributed by atoms with Crippen LogP contribution in [0.4, 0.5) is 17.2 Å². The summed E-state index contributed by atoms with van der Waals surface area (Å²) in [5.74, 6) is 0.623. The lowest BCUT2D eigenvalue weighted by atomic mass is 10.2. The van der Waals surface area contributed by atoms with E-state index in [-0.39, 0.29) is 11.8 Å². The molecule has 0 fully saturated rings. The van der Waals surface area contributed by atoms with Gasteiger partial charge < -0.3 is 15.8 Å². The summed E-state index contributed by atoms with van der Waals surface area (Å²) in [5, 5.41) is 12.6. The first kappa shape index (κ1) is 16.8. The van der Waals surface area contributed by atoms with Gasteiger partial charge in [0.15, 0.2) is 11.6 Å². The Labute approximate surface area is 153 Å². The van der Waals surface area contributed by atoms with Crippen molar-refractivity contribution >= 4 is 40.4 Å². The van der Waals surface area contributed by atoms with Gasteiger partial charge in [-0.15, -0.1) is 0 Å². The highest BCUT2D eigenvalue weighted by Gasteiger charge is 2.12. The summed E-state index contributed by atoms with van der Waals surface area (Å²) >= 11 is 12.2. The molecule has 1 heterocycles. The number of hydrogen-bond acceptors (Lipinski definition) is 6. The number of nitrogens with zero attached hydrogens (tertiary/aromatic N) is 3. The van der Waals surface area contributed by atoms with E-state index in [4.69, 9.17) is 38.9 Å². The van der Waals surface area contributed by atoms with Crippen LogP contribution in [0.1, 0.15) is 5.56 Å². The van der Waals surface area contributed by atoms with E-state index < -0.39 is 0 Å². The second-order valence-corrected chi connectivity index (χ2v) is 5.74. The third kappa shape index (κ3) is 3.91. The minimum atomic E-state index is 0.0420. The number of hydrogen-bond donors (Lipinski definition) is 2. The fourth-order valence-corrected chi connectivity index (χ4v) is 2.43. The maximum absolute atomic E-state index is 8.83. The molecule has 3 rings (SSSR count). The summed E-state index contributed by atoms with van der Waals surface area (Å²) in [4.78, 5) is 8.26. The Morgan fingerprint density at radius 3 is 2.40 bits per heavy atom. The quantitative estimate of drug-likeness (QED) is 0.685. The molecule has 3 aromatic rings. The third-order valence-corrected chi connectivity index (χ3v) is 3.78. The van der Waals surface area contributed by atoms with Crippen LogP contribution in [-0.4, -0.2) is 9.97 Å². The van der Waals surface area contributed by atoms with Crippen molar-refractivity contribution in [3.05, 3.63) is 64.3 Å². The number of aromatic nitrogens is 2. The van der Waals surface area contributed by atoms with Crippen LogP contribution in [-0.2, 0) is 0 Å². The molecule has 0 amide bonds. The van der Waals surface area contributed by atoms with Crippen LogP contribution in [0.3, 0.4) is 0 Å². The van der Waals surface area contributed by atoms with E-state index in [1.807, 2.05) is 0 Å². The zero-order valence-corrected chi connectivity index (χ0v) is 14.2. The highest BCUT2D eigenvalue weighted by atomic mass is 35.5. The largest absolute Gasteiger partial charge is 0.421 e. The number of rotatable bonds is 4. The van der Waals surface area contributed by atoms with E-state index in [2.05, 4.69) is 21.4 Å². The number of halogens is 2. The van der Waals surface area contributed by atoms with Crippen LogP contribution in [0.2, 0.25) is 10.0 Å². The van der Waals surface area contributed by atoms with Crippen LogP contribution >= 0.6 is 23.2 Å². The van der Waals surface area contributed by atoms with Gasteiger partial charge in [0, 0.05) is 5.69 Å². The van der Waals surface area contributed by atoms with E-state index in [1.54, 1.807) is 42.5 Å². The highest BCUT2D eigenvalue weighted by molar-refractivity contribution is 6.37.